The Kier molecular flexibility index (Phi) is 5.41. The SMILES string of the molecule is Cc1ccc(Nc2ccc(Nc3ccc(C)cc3)c3c2C(=O)c2ccc(C(=O)O)cc2C3=O)cc1. The normalized spacial score (nSPS) is 12.1. The van der Waals surface area contributed by atoms with E-state index in [1.54, 1.807) is 12.1 Å². The van der Waals surface area contributed by atoms with Crippen molar-refractivity contribution in [3.63, 3.8) is 0 Å². The summed E-state index contributed by atoms with van der Waals surface area (Å²) in [7, 11) is 0. The first-order valence-electron chi connectivity index (χ1n) is 11.1. The molecule has 0 saturated heterocycles. The second-order valence-corrected chi connectivity index (χ2v) is 8.62. The van der Waals surface area contributed by atoms with Crippen LogP contribution in [0.25, 0.3) is 0 Å². The zero-order chi connectivity index (χ0) is 24.7. The summed E-state index contributed by atoms with van der Waals surface area (Å²) >= 11 is 0. The Morgan fingerprint density at radius 2 is 1.09 bits per heavy atom. The van der Waals surface area contributed by atoms with Crippen molar-refractivity contribution < 1.29 is 19.5 Å². The van der Waals surface area contributed by atoms with Gasteiger partial charge in [0, 0.05) is 22.5 Å². The summed E-state index contributed by atoms with van der Waals surface area (Å²) in [5, 5.41) is 15.9. The molecule has 4 aromatic rings. The van der Waals surface area contributed by atoms with Crippen LogP contribution in [-0.4, -0.2) is 22.6 Å². The maximum atomic E-state index is 13.7. The average Bonchev–Trinajstić information content (AvgIpc) is 2.85. The topological polar surface area (TPSA) is 95.5 Å². The Morgan fingerprint density at radius 1 is 0.629 bits per heavy atom. The zero-order valence-electron chi connectivity index (χ0n) is 19.2. The highest BCUT2D eigenvalue weighted by atomic mass is 16.4. The Morgan fingerprint density at radius 3 is 1.54 bits per heavy atom. The number of nitrogens with one attached hydrogen (secondary N) is 2. The second-order valence-electron chi connectivity index (χ2n) is 8.62. The van der Waals surface area contributed by atoms with Crippen molar-refractivity contribution in [1.29, 1.82) is 0 Å². The molecule has 0 heterocycles. The van der Waals surface area contributed by atoms with Gasteiger partial charge in [-0.15, -0.1) is 0 Å². The monoisotopic (exact) mass is 462 g/mol. The molecule has 0 aromatic heterocycles. The number of hydrogen-bond donors (Lipinski definition) is 3. The molecule has 6 heteroatoms. The predicted molar refractivity (Wildman–Crippen MR) is 136 cm³/mol. The van der Waals surface area contributed by atoms with E-state index in [1.165, 1.54) is 18.2 Å². The first-order chi connectivity index (χ1) is 16.8. The van der Waals surface area contributed by atoms with Crippen LogP contribution >= 0.6 is 0 Å². The largest absolute Gasteiger partial charge is 0.478 e. The molecule has 6 nitrogen and oxygen atoms in total. The maximum absolute atomic E-state index is 13.7. The number of rotatable bonds is 5. The minimum absolute atomic E-state index is 0.0460. The molecule has 35 heavy (non-hydrogen) atoms. The van der Waals surface area contributed by atoms with Crippen LogP contribution in [0.15, 0.2) is 78.9 Å². The van der Waals surface area contributed by atoms with Crippen molar-refractivity contribution in [3.05, 3.63) is 118 Å². The van der Waals surface area contributed by atoms with Gasteiger partial charge in [0.1, 0.15) is 0 Å². The first-order valence-corrected chi connectivity index (χ1v) is 11.1. The third-order valence-corrected chi connectivity index (χ3v) is 6.08. The number of carboxylic acid groups (broad SMARTS) is 1. The number of anilines is 4. The molecule has 0 unspecified atom stereocenters. The van der Waals surface area contributed by atoms with Gasteiger partial charge in [-0.3, -0.25) is 9.59 Å². The van der Waals surface area contributed by atoms with Gasteiger partial charge in [-0.2, -0.15) is 0 Å². The lowest BCUT2D eigenvalue weighted by atomic mass is 9.81. The van der Waals surface area contributed by atoms with Gasteiger partial charge in [-0.1, -0.05) is 35.4 Å². The maximum Gasteiger partial charge on any atom is 0.335 e. The second kappa shape index (κ2) is 8.57. The number of aryl methyl sites for hydroxylation is 2. The van der Waals surface area contributed by atoms with Crippen molar-refractivity contribution in [1.82, 2.24) is 0 Å². The molecule has 5 rings (SSSR count). The number of hydrogen-bond acceptors (Lipinski definition) is 5. The fourth-order valence-corrected chi connectivity index (χ4v) is 4.20. The lowest BCUT2D eigenvalue weighted by molar-refractivity contribution is 0.0696. The van der Waals surface area contributed by atoms with Gasteiger partial charge < -0.3 is 15.7 Å². The number of carbonyl (C=O) groups is 3. The summed E-state index contributed by atoms with van der Waals surface area (Å²) in [6.45, 7) is 3.97. The van der Waals surface area contributed by atoms with Gasteiger partial charge in [0.05, 0.1) is 28.1 Å². The van der Waals surface area contributed by atoms with Crippen LogP contribution in [0.3, 0.4) is 0 Å². The molecule has 4 aromatic carbocycles. The Balaban J connectivity index is 1.67. The van der Waals surface area contributed by atoms with E-state index in [-0.39, 0.29) is 33.6 Å². The van der Waals surface area contributed by atoms with E-state index in [1.807, 2.05) is 62.4 Å². The van der Waals surface area contributed by atoms with Crippen LogP contribution in [0.2, 0.25) is 0 Å². The molecule has 0 spiro atoms. The summed E-state index contributed by atoms with van der Waals surface area (Å²) in [4.78, 5) is 38.9. The molecule has 0 atom stereocenters. The Hall–Kier alpha value is -4.71. The van der Waals surface area contributed by atoms with Crippen molar-refractivity contribution in [2.24, 2.45) is 0 Å². The minimum atomic E-state index is -1.16. The standard InChI is InChI=1S/C29H22N2O4/c1-16-3-8-19(9-4-16)30-23-13-14-24(31-20-10-5-17(2)6-11-20)26-25(23)27(32)21-12-7-18(29(34)35)15-22(21)28(26)33/h3-15,30-31H,1-2H3,(H,34,35). The van der Waals surface area contributed by atoms with Gasteiger partial charge in [-0.25, -0.2) is 4.79 Å². The number of aromatic carboxylic acids is 1. The van der Waals surface area contributed by atoms with Gasteiger partial charge in [-0.05, 0) is 68.4 Å². The lowest BCUT2D eigenvalue weighted by Crippen LogP contribution is -2.24. The van der Waals surface area contributed by atoms with Crippen molar-refractivity contribution in [2.75, 3.05) is 10.6 Å². The Bertz CT molecular complexity index is 1500. The highest BCUT2D eigenvalue weighted by Gasteiger charge is 2.34. The summed E-state index contributed by atoms with van der Waals surface area (Å²) in [5.74, 6) is -1.90. The fraction of sp³-hybridized carbons (Fsp3) is 0.0690. The van der Waals surface area contributed by atoms with Crippen LogP contribution in [0, 0.1) is 13.8 Å². The molecule has 0 aliphatic heterocycles. The molecule has 0 saturated carbocycles. The number of fused-ring (bicyclic) bond motifs is 2. The third-order valence-electron chi connectivity index (χ3n) is 6.08. The third kappa shape index (κ3) is 4.06. The van der Waals surface area contributed by atoms with Gasteiger partial charge >= 0.3 is 5.97 Å². The molecular weight excluding hydrogens is 440 g/mol. The predicted octanol–water partition coefficient (Wildman–Crippen LogP) is 6.26. The first kappa shape index (κ1) is 22.1. The summed E-state index contributed by atoms with van der Waals surface area (Å²) in [5.41, 5.74) is 5.41. The van der Waals surface area contributed by atoms with Gasteiger partial charge in [0.25, 0.3) is 0 Å². The van der Waals surface area contributed by atoms with E-state index >= 15 is 0 Å². The minimum Gasteiger partial charge on any atom is -0.478 e. The lowest BCUT2D eigenvalue weighted by Gasteiger charge is -2.24. The van der Waals surface area contributed by atoms with E-state index in [0.717, 1.165) is 22.5 Å². The van der Waals surface area contributed by atoms with E-state index in [0.29, 0.717) is 11.4 Å². The molecule has 0 bridgehead atoms. The molecule has 1 aliphatic rings. The van der Waals surface area contributed by atoms with Crippen LogP contribution in [0.5, 0.6) is 0 Å². The van der Waals surface area contributed by atoms with E-state index in [9.17, 15) is 19.5 Å². The highest BCUT2D eigenvalue weighted by Crippen LogP contribution is 2.39. The van der Waals surface area contributed by atoms with Crippen molar-refractivity contribution in [2.45, 2.75) is 13.8 Å². The number of carboxylic acids is 1. The number of carbonyl (C=O) groups excluding carboxylic acids is 2. The summed E-state index contributed by atoms with van der Waals surface area (Å²) in [6.07, 6.45) is 0. The highest BCUT2D eigenvalue weighted by molar-refractivity contribution is 6.32. The molecule has 0 amide bonds. The molecular formula is C29H22N2O4. The van der Waals surface area contributed by atoms with E-state index in [2.05, 4.69) is 10.6 Å². The van der Waals surface area contributed by atoms with Crippen molar-refractivity contribution in [3.8, 4) is 0 Å². The van der Waals surface area contributed by atoms with Crippen LogP contribution in [0.4, 0.5) is 22.7 Å². The summed E-state index contributed by atoms with van der Waals surface area (Å²) < 4.78 is 0. The van der Waals surface area contributed by atoms with E-state index < -0.39 is 11.8 Å². The van der Waals surface area contributed by atoms with Crippen LogP contribution in [0.1, 0.15) is 53.3 Å². The fourth-order valence-electron chi connectivity index (χ4n) is 4.20. The molecule has 172 valence electrons. The van der Waals surface area contributed by atoms with Gasteiger partial charge in [0.2, 0.25) is 0 Å². The van der Waals surface area contributed by atoms with E-state index in [4.69, 9.17) is 0 Å². The average molecular weight is 463 g/mol. The molecule has 0 fully saturated rings. The van der Waals surface area contributed by atoms with Gasteiger partial charge in [0.15, 0.2) is 11.6 Å². The zero-order valence-corrected chi connectivity index (χ0v) is 19.2. The molecule has 3 N–H and O–H groups in total. The van der Waals surface area contributed by atoms with Crippen molar-refractivity contribution >= 4 is 40.3 Å². The molecule has 0 radical (unpaired) electrons. The Labute approximate surface area is 202 Å². The quantitative estimate of drug-likeness (QED) is 0.285. The summed E-state index contributed by atoms with van der Waals surface area (Å²) in [6, 6.07) is 23.0. The smallest absolute Gasteiger partial charge is 0.335 e. The number of benzene rings is 4. The molecule has 1 aliphatic carbocycles. The van der Waals surface area contributed by atoms with Crippen LogP contribution in [-0.2, 0) is 0 Å². The van der Waals surface area contributed by atoms with Crippen LogP contribution < -0.4 is 10.6 Å². The number of ketones is 2.